The molecule has 4 aliphatic heterocycles. The van der Waals surface area contributed by atoms with Crippen molar-refractivity contribution < 1.29 is 65.0 Å². The van der Waals surface area contributed by atoms with Crippen molar-refractivity contribution in [3.8, 4) is 0 Å². The van der Waals surface area contributed by atoms with Crippen LogP contribution in [0.2, 0.25) is 0 Å². The van der Waals surface area contributed by atoms with Gasteiger partial charge in [-0.05, 0) is 134 Å². The fourth-order valence-corrected chi connectivity index (χ4v) is 12.4. The lowest BCUT2D eigenvalue weighted by molar-refractivity contribution is -0.347. The van der Waals surface area contributed by atoms with E-state index in [1.807, 2.05) is 34.6 Å². The molecule has 0 aromatic heterocycles. The van der Waals surface area contributed by atoms with Crippen LogP contribution in [0.3, 0.4) is 0 Å². The fourth-order valence-electron chi connectivity index (χ4n) is 11.3. The number of hydrogen-bond acceptors (Lipinski definition) is 13. The van der Waals surface area contributed by atoms with Gasteiger partial charge < -0.3 is 48.4 Å². The van der Waals surface area contributed by atoms with Gasteiger partial charge in [-0.25, -0.2) is 0 Å². The summed E-state index contributed by atoms with van der Waals surface area (Å²) in [7, 11) is -1.47. The van der Waals surface area contributed by atoms with E-state index < -0.39 is 94.4 Å². The molecular formula is C50H85F3N4O11S. The number of cyclic esters (lactones) is 1. The highest BCUT2D eigenvalue weighted by atomic mass is 32.2. The number of carbonyl (C=O) groups excluding carboxylic acids is 1. The molecule has 4 aliphatic rings. The number of likely N-dealkylation sites (N-methyl/N-ethyl adjacent to an activating group) is 1. The zero-order valence-corrected chi connectivity index (χ0v) is 44.1. The van der Waals surface area contributed by atoms with Crippen molar-refractivity contribution in [3.63, 3.8) is 0 Å². The SMILES string of the molecule is CCCN1CC(C)CC(C)C(O[C@@H]2O[C@H](C)C[C@H](N(C)S(=O)(=O)Nc3ccc(C(F)(F)F)cc3)[C@H]2O)C(C)CC(C)C(=O)OC(O[C@@H]2C[C@@](C)(OC)[C@](O)(CN3CCCCC3)[C@H](C)O2)C(C)CC1C. The minimum absolute atomic E-state index is 0.0707. The van der Waals surface area contributed by atoms with Gasteiger partial charge in [0.2, 0.25) is 6.29 Å². The number of anilines is 1. The van der Waals surface area contributed by atoms with Gasteiger partial charge in [-0.2, -0.15) is 25.9 Å². The van der Waals surface area contributed by atoms with Gasteiger partial charge in [0.05, 0.1) is 35.8 Å². The molecule has 0 aliphatic carbocycles. The normalized spacial score (nSPS) is 39.1. The van der Waals surface area contributed by atoms with E-state index >= 15 is 0 Å². The second kappa shape index (κ2) is 24.2. The summed E-state index contributed by atoms with van der Waals surface area (Å²) in [4.78, 5) is 19.0. The second-order valence-electron chi connectivity index (χ2n) is 21.4. The first kappa shape index (κ1) is 57.7. The maximum absolute atomic E-state index is 14.3. The molecule has 4 saturated heterocycles. The number of ether oxygens (including phenoxy) is 6. The van der Waals surface area contributed by atoms with Gasteiger partial charge in [0.1, 0.15) is 17.3 Å². The summed E-state index contributed by atoms with van der Waals surface area (Å²) in [5, 5.41) is 24.2. The quantitative estimate of drug-likeness (QED) is 0.165. The highest BCUT2D eigenvalue weighted by Crippen LogP contribution is 2.43. The Morgan fingerprint density at radius 3 is 2.14 bits per heavy atom. The summed E-state index contributed by atoms with van der Waals surface area (Å²) in [6.07, 6.45) is -4.53. The number of aliphatic hydroxyl groups is 2. The number of carbonyl (C=O) groups is 1. The number of alkyl halides is 3. The van der Waals surface area contributed by atoms with Gasteiger partial charge in [-0.1, -0.05) is 48.0 Å². The number of likely N-dealkylation sites (tertiary alicyclic amines) is 1. The Morgan fingerprint density at radius 1 is 0.899 bits per heavy atom. The second-order valence-corrected chi connectivity index (χ2v) is 23.2. The zero-order chi connectivity index (χ0) is 51.2. The number of benzene rings is 1. The highest BCUT2D eigenvalue weighted by molar-refractivity contribution is 7.90. The van der Waals surface area contributed by atoms with Gasteiger partial charge in [-0.15, -0.1) is 0 Å². The Bertz CT molecular complexity index is 1880. The van der Waals surface area contributed by atoms with Crippen molar-refractivity contribution in [2.45, 2.75) is 200 Å². The van der Waals surface area contributed by atoms with Crippen molar-refractivity contribution in [2.24, 2.45) is 29.6 Å². The van der Waals surface area contributed by atoms with Crippen LogP contribution in [0.15, 0.2) is 24.3 Å². The van der Waals surface area contributed by atoms with Crippen LogP contribution in [0.4, 0.5) is 18.9 Å². The third-order valence-corrected chi connectivity index (χ3v) is 17.0. The first-order valence-corrected chi connectivity index (χ1v) is 26.8. The number of methoxy groups -OCH3 is 1. The number of rotatable bonds is 13. The molecule has 16 atom stereocenters. The summed E-state index contributed by atoms with van der Waals surface area (Å²) < 4.78 is 109. The number of nitrogens with zero attached hydrogens (tertiary/aromatic N) is 3. The number of nitrogens with one attached hydrogen (secondary N) is 1. The average Bonchev–Trinajstić information content (AvgIpc) is 3.27. The van der Waals surface area contributed by atoms with Crippen LogP contribution in [0.1, 0.15) is 133 Å². The zero-order valence-electron chi connectivity index (χ0n) is 43.2. The molecule has 19 heteroatoms. The predicted octanol–water partition coefficient (Wildman–Crippen LogP) is 7.65. The van der Waals surface area contributed by atoms with E-state index in [1.54, 1.807) is 14.0 Å². The van der Waals surface area contributed by atoms with Crippen molar-refractivity contribution in [3.05, 3.63) is 29.8 Å². The summed E-state index contributed by atoms with van der Waals surface area (Å²) >= 11 is 0. The van der Waals surface area contributed by atoms with Gasteiger partial charge in [-0.3, -0.25) is 9.52 Å². The average molecular weight is 1010 g/mol. The predicted molar refractivity (Wildman–Crippen MR) is 257 cm³/mol. The molecule has 1 aromatic rings. The summed E-state index contributed by atoms with van der Waals surface area (Å²) in [5.41, 5.74) is -3.34. The Balaban J connectivity index is 1.36. The smallest absolute Gasteiger partial charge is 0.416 e. The van der Waals surface area contributed by atoms with Crippen molar-refractivity contribution in [1.29, 1.82) is 0 Å². The molecule has 4 fully saturated rings. The summed E-state index contributed by atoms with van der Waals surface area (Å²) in [6.45, 7) is 23.8. The monoisotopic (exact) mass is 1010 g/mol. The molecule has 69 heavy (non-hydrogen) atoms. The topological polar surface area (TPSA) is 169 Å². The standard InChI is InChI=1S/C50H85F3N4O11S/c1-13-21-57-29-31(2)24-32(3)44(67-47-43(58)41(27-37(8)64-47)55(11)69(61,62)54-40-19-17-39(18-20-40)50(51,52)53)33(4)25-34(5)45(59)68-46(35(6)26-36(57)7)66-42-28-48(10,63-12)49(60,38(9)65-42)30-56-22-15-14-16-23-56/h17-20,31-38,41-44,46-47,54,58,60H,13-16,21-30H2,1-12H3/t31?,32?,33?,34?,35?,36?,37-,38+,41+,42-,43-,44?,46?,47+,48-,49+/m1/s1. The van der Waals surface area contributed by atoms with E-state index in [2.05, 4.69) is 42.2 Å². The lowest BCUT2D eigenvalue weighted by Gasteiger charge is -2.54. The van der Waals surface area contributed by atoms with Crippen LogP contribution >= 0.6 is 0 Å². The van der Waals surface area contributed by atoms with Crippen LogP contribution in [-0.4, -0.2) is 152 Å². The maximum atomic E-state index is 14.3. The summed E-state index contributed by atoms with van der Waals surface area (Å²) in [6, 6.07) is 2.73. The molecule has 0 amide bonds. The minimum Gasteiger partial charge on any atom is -0.435 e. The molecule has 398 valence electrons. The molecule has 3 N–H and O–H groups in total. The van der Waals surface area contributed by atoms with Crippen LogP contribution in [-0.2, 0) is 49.6 Å². The Morgan fingerprint density at radius 2 is 1.54 bits per heavy atom. The first-order chi connectivity index (χ1) is 32.2. The molecular weight excluding hydrogens is 922 g/mol. The number of hydrogen-bond donors (Lipinski definition) is 3. The van der Waals surface area contributed by atoms with Crippen molar-refractivity contribution in [1.82, 2.24) is 14.1 Å². The van der Waals surface area contributed by atoms with Crippen LogP contribution < -0.4 is 4.72 Å². The van der Waals surface area contributed by atoms with Crippen LogP contribution in [0, 0.1) is 29.6 Å². The van der Waals surface area contributed by atoms with Crippen molar-refractivity contribution in [2.75, 3.05) is 51.6 Å². The Labute approximate surface area is 410 Å². The first-order valence-electron chi connectivity index (χ1n) is 25.4. The minimum atomic E-state index is -4.59. The Kier molecular flexibility index (Phi) is 20.3. The van der Waals surface area contributed by atoms with E-state index in [0.717, 1.165) is 80.4 Å². The third kappa shape index (κ3) is 14.5. The molecule has 1 aromatic carbocycles. The number of aliphatic hydroxyl groups excluding tert-OH is 1. The number of β-amino-alcohol motifs (C(OH)–C–C–N with tert-alkyl or cyclic N) is 1. The van der Waals surface area contributed by atoms with Gasteiger partial charge in [0, 0.05) is 51.3 Å². The molecule has 0 saturated carbocycles. The van der Waals surface area contributed by atoms with E-state index in [-0.39, 0.29) is 48.2 Å². The van der Waals surface area contributed by atoms with Gasteiger partial charge >= 0.3 is 22.4 Å². The molecule has 0 spiro atoms. The molecule has 0 bridgehead atoms. The number of piperidine rings is 1. The number of esters is 1. The molecule has 8 unspecified atom stereocenters. The van der Waals surface area contributed by atoms with E-state index in [4.69, 9.17) is 28.4 Å². The number of halogens is 3. The molecule has 4 heterocycles. The van der Waals surface area contributed by atoms with Gasteiger partial charge in [0.25, 0.3) is 0 Å². The largest absolute Gasteiger partial charge is 0.435 e. The lowest BCUT2D eigenvalue weighted by Crippen LogP contribution is -2.70. The molecule has 15 nitrogen and oxygen atoms in total. The fraction of sp³-hybridized carbons (Fsp3) is 0.860. The van der Waals surface area contributed by atoms with Crippen LogP contribution in [0.25, 0.3) is 0 Å². The van der Waals surface area contributed by atoms with Crippen molar-refractivity contribution >= 4 is 21.9 Å². The van der Waals surface area contributed by atoms with Crippen LogP contribution in [0.5, 0.6) is 0 Å². The molecule has 0 radical (unpaired) electrons. The van der Waals surface area contributed by atoms with E-state index in [9.17, 15) is 36.6 Å². The summed E-state index contributed by atoms with van der Waals surface area (Å²) in [5.74, 6) is -1.48. The van der Waals surface area contributed by atoms with E-state index in [0.29, 0.717) is 19.4 Å². The lowest BCUT2D eigenvalue weighted by atomic mass is 9.75. The van der Waals surface area contributed by atoms with Gasteiger partial charge in [0.15, 0.2) is 12.6 Å². The van der Waals surface area contributed by atoms with E-state index in [1.165, 1.54) is 13.5 Å². The Hall–Kier alpha value is -2.17. The maximum Gasteiger partial charge on any atom is 0.416 e. The highest BCUT2D eigenvalue weighted by Gasteiger charge is 2.58. The third-order valence-electron chi connectivity index (χ3n) is 15.5. The molecule has 5 rings (SSSR count).